The maximum absolute atomic E-state index is 11.7. The molecule has 0 aliphatic heterocycles. The molecular formula is C15H22O6. The third kappa shape index (κ3) is 5.81. The number of ether oxygens (including phenoxy) is 3. The van der Waals surface area contributed by atoms with Crippen LogP contribution in [-0.4, -0.2) is 38.7 Å². The van der Waals surface area contributed by atoms with Crippen LogP contribution >= 0.6 is 0 Å². The lowest BCUT2D eigenvalue weighted by molar-refractivity contribution is -0.167. The highest BCUT2D eigenvalue weighted by Crippen LogP contribution is 2.26. The van der Waals surface area contributed by atoms with E-state index in [-0.39, 0.29) is 6.42 Å². The van der Waals surface area contributed by atoms with Crippen molar-refractivity contribution in [3.63, 3.8) is 0 Å². The van der Waals surface area contributed by atoms with Crippen LogP contribution in [0.5, 0.6) is 0 Å². The molecule has 0 aromatic carbocycles. The minimum Gasteiger partial charge on any atom is -0.468 e. The van der Waals surface area contributed by atoms with Crippen molar-refractivity contribution in [1.29, 1.82) is 0 Å². The average Bonchev–Trinajstić information content (AvgIpc) is 2.45. The summed E-state index contributed by atoms with van der Waals surface area (Å²) in [6.07, 6.45) is 4.66. The second-order valence-corrected chi connectivity index (χ2v) is 4.56. The van der Waals surface area contributed by atoms with Gasteiger partial charge in [0.15, 0.2) is 5.41 Å². The van der Waals surface area contributed by atoms with Crippen molar-refractivity contribution in [2.75, 3.05) is 20.8 Å². The Kier molecular flexibility index (Phi) is 8.04. The van der Waals surface area contributed by atoms with Crippen LogP contribution in [0, 0.1) is 5.41 Å². The van der Waals surface area contributed by atoms with Crippen LogP contribution < -0.4 is 0 Å². The molecule has 0 radical (unpaired) electrons. The van der Waals surface area contributed by atoms with Crippen LogP contribution in [0.25, 0.3) is 0 Å². The van der Waals surface area contributed by atoms with Gasteiger partial charge >= 0.3 is 17.9 Å². The fourth-order valence-electron chi connectivity index (χ4n) is 1.60. The summed E-state index contributed by atoms with van der Waals surface area (Å²) in [5.41, 5.74) is -0.768. The van der Waals surface area contributed by atoms with Crippen molar-refractivity contribution in [3.05, 3.63) is 23.8 Å². The summed E-state index contributed by atoms with van der Waals surface area (Å²) in [4.78, 5) is 34.7. The Labute approximate surface area is 124 Å². The number of carbonyl (C=O) groups is 3. The predicted molar refractivity (Wildman–Crippen MR) is 76.3 cm³/mol. The minimum atomic E-state index is -1.41. The molecule has 0 bridgehead atoms. The molecule has 0 aliphatic carbocycles. The Balaban J connectivity index is 4.91. The summed E-state index contributed by atoms with van der Waals surface area (Å²) in [6.45, 7) is 5.17. The molecular weight excluding hydrogens is 276 g/mol. The molecule has 0 amide bonds. The smallest absolute Gasteiger partial charge is 0.330 e. The van der Waals surface area contributed by atoms with Crippen LogP contribution in [0.15, 0.2) is 23.8 Å². The van der Waals surface area contributed by atoms with E-state index in [2.05, 4.69) is 9.47 Å². The summed E-state index contributed by atoms with van der Waals surface area (Å²) in [6, 6.07) is 0. The normalized spacial score (nSPS) is 12.1. The Hall–Kier alpha value is -2.11. The fraction of sp³-hybridized carbons (Fsp3) is 0.533. The second-order valence-electron chi connectivity index (χ2n) is 4.56. The zero-order valence-electron chi connectivity index (χ0n) is 13.1. The number of methoxy groups -OCH3 is 2. The molecule has 118 valence electrons. The highest BCUT2D eigenvalue weighted by atomic mass is 16.5. The van der Waals surface area contributed by atoms with Crippen LogP contribution in [0.2, 0.25) is 0 Å². The molecule has 0 unspecified atom stereocenters. The van der Waals surface area contributed by atoms with Gasteiger partial charge in [-0.2, -0.15) is 0 Å². The molecule has 6 nitrogen and oxygen atoms in total. The lowest BCUT2D eigenvalue weighted by atomic mass is 9.86. The number of esters is 3. The van der Waals surface area contributed by atoms with E-state index in [0.717, 1.165) is 0 Å². The first kappa shape index (κ1) is 18.9. The van der Waals surface area contributed by atoms with Crippen LogP contribution in [0.3, 0.4) is 0 Å². The van der Waals surface area contributed by atoms with Crippen LogP contribution in [0.1, 0.15) is 27.2 Å². The minimum absolute atomic E-state index is 0.0976. The van der Waals surface area contributed by atoms with Crippen molar-refractivity contribution in [2.24, 2.45) is 5.41 Å². The Morgan fingerprint density at radius 3 is 2.05 bits per heavy atom. The van der Waals surface area contributed by atoms with Crippen molar-refractivity contribution in [2.45, 2.75) is 27.2 Å². The molecule has 0 aliphatic rings. The number of hydrogen-bond donors (Lipinski definition) is 0. The van der Waals surface area contributed by atoms with Gasteiger partial charge in [0, 0.05) is 6.08 Å². The topological polar surface area (TPSA) is 78.9 Å². The highest BCUT2D eigenvalue weighted by Gasteiger charge is 2.42. The Morgan fingerprint density at radius 1 is 1.10 bits per heavy atom. The first-order valence-electron chi connectivity index (χ1n) is 6.50. The molecule has 0 saturated heterocycles. The SMILES string of the molecule is CCOC(=O)/C=C(C)/C=C\CC(C)(C(=O)OC)C(=O)OC. The fourth-order valence-corrected chi connectivity index (χ4v) is 1.60. The van der Waals surface area contributed by atoms with Crippen molar-refractivity contribution in [3.8, 4) is 0 Å². The number of allylic oxidation sites excluding steroid dienone is 3. The molecule has 0 aromatic heterocycles. The van der Waals surface area contributed by atoms with Gasteiger partial charge in [-0.05, 0) is 32.8 Å². The van der Waals surface area contributed by atoms with Crippen LogP contribution in [0.4, 0.5) is 0 Å². The first-order chi connectivity index (χ1) is 9.81. The van der Waals surface area contributed by atoms with Crippen LogP contribution in [-0.2, 0) is 28.6 Å². The van der Waals surface area contributed by atoms with Gasteiger partial charge in [0.05, 0.1) is 20.8 Å². The Morgan fingerprint density at radius 2 is 1.62 bits per heavy atom. The quantitative estimate of drug-likeness (QED) is 0.234. The van der Waals surface area contributed by atoms with E-state index < -0.39 is 23.3 Å². The number of rotatable bonds is 7. The van der Waals surface area contributed by atoms with E-state index >= 15 is 0 Å². The lowest BCUT2D eigenvalue weighted by Gasteiger charge is -2.21. The third-order valence-corrected chi connectivity index (χ3v) is 2.81. The molecule has 0 N–H and O–H groups in total. The third-order valence-electron chi connectivity index (χ3n) is 2.81. The second kappa shape index (κ2) is 8.94. The van der Waals surface area contributed by atoms with Gasteiger partial charge in [0.2, 0.25) is 0 Å². The van der Waals surface area contributed by atoms with Gasteiger partial charge in [0.1, 0.15) is 0 Å². The van der Waals surface area contributed by atoms with E-state index in [1.54, 1.807) is 26.0 Å². The summed E-state index contributed by atoms with van der Waals surface area (Å²) >= 11 is 0. The van der Waals surface area contributed by atoms with Gasteiger partial charge in [-0.15, -0.1) is 0 Å². The Bertz CT molecular complexity index is 431. The van der Waals surface area contributed by atoms with E-state index in [1.807, 2.05) is 0 Å². The molecule has 21 heavy (non-hydrogen) atoms. The summed E-state index contributed by atoms with van der Waals surface area (Å²) in [7, 11) is 2.41. The zero-order valence-corrected chi connectivity index (χ0v) is 13.1. The molecule has 0 heterocycles. The van der Waals surface area contributed by atoms with E-state index in [4.69, 9.17) is 4.74 Å². The van der Waals surface area contributed by atoms with E-state index in [0.29, 0.717) is 12.2 Å². The van der Waals surface area contributed by atoms with Crippen molar-refractivity contribution < 1.29 is 28.6 Å². The molecule has 0 fully saturated rings. The van der Waals surface area contributed by atoms with Gasteiger partial charge in [-0.25, -0.2) is 4.79 Å². The van der Waals surface area contributed by atoms with Crippen molar-refractivity contribution in [1.82, 2.24) is 0 Å². The van der Waals surface area contributed by atoms with Gasteiger partial charge in [-0.1, -0.05) is 12.2 Å². The van der Waals surface area contributed by atoms with E-state index in [9.17, 15) is 14.4 Å². The molecule has 6 heteroatoms. The molecule has 0 spiro atoms. The van der Waals surface area contributed by atoms with Crippen molar-refractivity contribution >= 4 is 17.9 Å². The molecule has 0 aromatic rings. The molecule has 0 rings (SSSR count). The summed E-state index contributed by atoms with van der Waals surface area (Å²) in [5.74, 6) is -1.79. The van der Waals surface area contributed by atoms with Gasteiger partial charge in [0.25, 0.3) is 0 Å². The molecule has 0 atom stereocenters. The zero-order chi connectivity index (χ0) is 16.5. The number of hydrogen-bond acceptors (Lipinski definition) is 6. The first-order valence-corrected chi connectivity index (χ1v) is 6.50. The highest BCUT2D eigenvalue weighted by molar-refractivity contribution is 5.99. The summed E-state index contributed by atoms with van der Waals surface area (Å²) in [5, 5.41) is 0. The predicted octanol–water partition coefficient (Wildman–Crippen LogP) is 1.79. The van der Waals surface area contributed by atoms with E-state index in [1.165, 1.54) is 27.2 Å². The summed E-state index contributed by atoms with van der Waals surface area (Å²) < 4.78 is 14.0. The maximum atomic E-state index is 11.7. The van der Waals surface area contributed by atoms with Gasteiger partial charge in [-0.3, -0.25) is 9.59 Å². The lowest BCUT2D eigenvalue weighted by Crippen LogP contribution is -2.38. The number of carbonyl (C=O) groups excluding carboxylic acids is 3. The van der Waals surface area contributed by atoms with Gasteiger partial charge < -0.3 is 14.2 Å². The maximum Gasteiger partial charge on any atom is 0.330 e. The molecule has 0 saturated carbocycles. The largest absolute Gasteiger partial charge is 0.468 e. The average molecular weight is 298 g/mol. The standard InChI is InChI=1S/C15H22O6/c1-6-21-12(16)10-11(2)8-7-9-15(3,13(17)19-4)14(18)20-5/h7-8,10H,6,9H2,1-5H3/b8-7-,11-10+. The monoisotopic (exact) mass is 298 g/mol.